The molecule has 2 fully saturated rings. The fourth-order valence-corrected chi connectivity index (χ4v) is 6.27. The van der Waals surface area contributed by atoms with Gasteiger partial charge in [0, 0.05) is 43.0 Å². The Bertz CT molecular complexity index is 1550. The van der Waals surface area contributed by atoms with Crippen LogP contribution in [0.4, 0.5) is 5.69 Å². The van der Waals surface area contributed by atoms with Crippen LogP contribution in [0.15, 0.2) is 54.9 Å². The van der Waals surface area contributed by atoms with Crippen LogP contribution in [0.25, 0.3) is 44.6 Å². The van der Waals surface area contributed by atoms with Gasteiger partial charge in [0.15, 0.2) is 5.82 Å². The molecule has 1 aliphatic heterocycles. The van der Waals surface area contributed by atoms with Gasteiger partial charge in [0.05, 0.1) is 16.7 Å². The zero-order valence-electron chi connectivity index (χ0n) is 21.8. The molecule has 1 saturated carbocycles. The molecule has 4 heterocycles. The minimum absolute atomic E-state index is 0.802. The third-order valence-electron chi connectivity index (χ3n) is 8.34. The molecule has 2 aromatic carbocycles. The summed E-state index contributed by atoms with van der Waals surface area (Å²) < 4.78 is 0. The summed E-state index contributed by atoms with van der Waals surface area (Å²) in [5.41, 5.74) is 8.63. The summed E-state index contributed by atoms with van der Waals surface area (Å²) >= 11 is 0. The fourth-order valence-electron chi connectivity index (χ4n) is 6.27. The van der Waals surface area contributed by atoms with Gasteiger partial charge in [-0.3, -0.25) is 10.1 Å². The first-order valence-electron chi connectivity index (χ1n) is 14.2. The Morgan fingerprint density at radius 1 is 0.895 bits per heavy atom. The first kappa shape index (κ1) is 23.4. The van der Waals surface area contributed by atoms with Gasteiger partial charge < -0.3 is 15.2 Å². The zero-order valence-corrected chi connectivity index (χ0v) is 21.8. The molecule has 0 unspecified atom stereocenters. The van der Waals surface area contributed by atoms with E-state index in [1.54, 1.807) is 0 Å². The molecule has 38 heavy (non-hydrogen) atoms. The van der Waals surface area contributed by atoms with E-state index in [0.717, 1.165) is 76.7 Å². The summed E-state index contributed by atoms with van der Waals surface area (Å²) in [6.45, 7) is 4.15. The molecule has 0 atom stereocenters. The molecule has 5 aromatic rings. The maximum atomic E-state index is 5.06. The van der Waals surface area contributed by atoms with Crippen molar-refractivity contribution in [2.24, 2.45) is 5.92 Å². The van der Waals surface area contributed by atoms with E-state index in [4.69, 9.17) is 4.98 Å². The second-order valence-electron chi connectivity index (χ2n) is 11.0. The van der Waals surface area contributed by atoms with Crippen LogP contribution in [0, 0.1) is 5.92 Å². The SMILES string of the molecule is c1cc(N2CCCCC2)c2nc(-c3n[nH]c4ccc(-c5cncc(CNCC6CCCC6)c5)cc34)[nH]c2c1. The van der Waals surface area contributed by atoms with E-state index in [0.29, 0.717) is 0 Å². The molecule has 0 radical (unpaired) electrons. The Kier molecular flexibility index (Phi) is 6.29. The van der Waals surface area contributed by atoms with Crippen LogP contribution in [-0.2, 0) is 6.54 Å². The number of benzene rings is 2. The number of nitrogens with one attached hydrogen (secondary N) is 3. The van der Waals surface area contributed by atoms with E-state index in [9.17, 15) is 0 Å². The topological polar surface area (TPSA) is 85.5 Å². The minimum atomic E-state index is 0.802. The molecule has 0 bridgehead atoms. The van der Waals surface area contributed by atoms with Gasteiger partial charge in [-0.1, -0.05) is 25.0 Å². The summed E-state index contributed by atoms with van der Waals surface area (Å²) in [5.74, 6) is 1.64. The number of imidazole rings is 1. The summed E-state index contributed by atoms with van der Waals surface area (Å²) in [7, 11) is 0. The summed E-state index contributed by atoms with van der Waals surface area (Å²) in [5, 5.41) is 12.6. The van der Waals surface area contributed by atoms with Crippen molar-refractivity contribution < 1.29 is 0 Å². The molecule has 7 heteroatoms. The molecule has 3 aromatic heterocycles. The average Bonchev–Trinajstić information content (AvgIpc) is 3.73. The number of nitrogens with zero attached hydrogens (tertiary/aromatic N) is 4. The Morgan fingerprint density at radius 3 is 2.68 bits per heavy atom. The van der Waals surface area contributed by atoms with E-state index < -0.39 is 0 Å². The highest BCUT2D eigenvalue weighted by Crippen LogP contribution is 2.33. The molecule has 7 nitrogen and oxygen atoms in total. The smallest absolute Gasteiger partial charge is 0.159 e. The van der Waals surface area contributed by atoms with E-state index >= 15 is 0 Å². The second-order valence-corrected chi connectivity index (χ2v) is 11.0. The zero-order chi connectivity index (χ0) is 25.3. The van der Waals surface area contributed by atoms with Crippen LogP contribution in [0.5, 0.6) is 0 Å². The first-order chi connectivity index (χ1) is 18.8. The second kappa shape index (κ2) is 10.2. The summed E-state index contributed by atoms with van der Waals surface area (Å²) in [6.07, 6.45) is 13.2. The van der Waals surface area contributed by atoms with Crippen molar-refractivity contribution in [3.63, 3.8) is 0 Å². The number of H-pyrrole nitrogens is 2. The van der Waals surface area contributed by atoms with Crippen molar-refractivity contribution in [1.29, 1.82) is 0 Å². The van der Waals surface area contributed by atoms with Crippen LogP contribution in [0.2, 0.25) is 0 Å². The lowest BCUT2D eigenvalue weighted by Crippen LogP contribution is -2.29. The van der Waals surface area contributed by atoms with E-state index in [1.807, 2.05) is 12.4 Å². The van der Waals surface area contributed by atoms with E-state index in [2.05, 4.69) is 72.8 Å². The molecular weight excluding hydrogens is 470 g/mol. The third-order valence-corrected chi connectivity index (χ3v) is 8.34. The quantitative estimate of drug-likeness (QED) is 0.237. The van der Waals surface area contributed by atoms with Crippen LogP contribution < -0.4 is 10.2 Å². The van der Waals surface area contributed by atoms with Gasteiger partial charge in [0.2, 0.25) is 0 Å². The maximum absolute atomic E-state index is 5.06. The number of anilines is 1. The van der Waals surface area contributed by atoms with Crippen molar-refractivity contribution in [1.82, 2.24) is 30.5 Å². The Balaban J connectivity index is 1.18. The highest BCUT2D eigenvalue weighted by atomic mass is 15.2. The van der Waals surface area contributed by atoms with Gasteiger partial charge in [0.25, 0.3) is 0 Å². The van der Waals surface area contributed by atoms with Crippen molar-refractivity contribution in [2.75, 3.05) is 24.5 Å². The van der Waals surface area contributed by atoms with Gasteiger partial charge in [0.1, 0.15) is 11.2 Å². The number of pyridine rings is 1. The fraction of sp³-hybridized carbons (Fsp3) is 0.387. The monoisotopic (exact) mass is 505 g/mol. The van der Waals surface area contributed by atoms with Crippen molar-refractivity contribution in [3.05, 3.63) is 60.4 Å². The molecule has 3 N–H and O–H groups in total. The maximum Gasteiger partial charge on any atom is 0.159 e. The molecule has 1 saturated heterocycles. The highest BCUT2D eigenvalue weighted by molar-refractivity contribution is 5.97. The first-order valence-corrected chi connectivity index (χ1v) is 14.2. The Labute approximate surface area is 223 Å². The van der Waals surface area contributed by atoms with Gasteiger partial charge in [-0.25, -0.2) is 4.98 Å². The number of para-hydroxylation sites is 1. The Morgan fingerprint density at radius 2 is 1.79 bits per heavy atom. The Hall–Kier alpha value is -3.71. The number of hydrogen-bond donors (Lipinski definition) is 3. The van der Waals surface area contributed by atoms with Crippen molar-refractivity contribution in [2.45, 2.75) is 51.5 Å². The average molecular weight is 506 g/mol. The molecule has 2 aliphatic rings. The molecule has 0 spiro atoms. The predicted molar refractivity (Wildman–Crippen MR) is 154 cm³/mol. The van der Waals surface area contributed by atoms with E-state index in [1.165, 1.54) is 56.2 Å². The minimum Gasteiger partial charge on any atom is -0.370 e. The van der Waals surface area contributed by atoms with Crippen molar-refractivity contribution in [3.8, 4) is 22.6 Å². The summed E-state index contributed by atoms with van der Waals surface area (Å²) in [4.78, 5) is 15.6. The number of aromatic nitrogens is 5. The van der Waals surface area contributed by atoms with Gasteiger partial charge in [-0.2, -0.15) is 5.10 Å². The summed E-state index contributed by atoms with van der Waals surface area (Å²) in [6, 6.07) is 15.1. The number of piperidine rings is 1. The number of fused-ring (bicyclic) bond motifs is 2. The lowest BCUT2D eigenvalue weighted by atomic mass is 10.0. The van der Waals surface area contributed by atoms with Crippen LogP contribution in [0.1, 0.15) is 50.5 Å². The molecule has 1 aliphatic carbocycles. The third kappa shape index (κ3) is 4.56. The van der Waals surface area contributed by atoms with Crippen LogP contribution in [0.3, 0.4) is 0 Å². The van der Waals surface area contributed by atoms with E-state index in [-0.39, 0.29) is 0 Å². The highest BCUT2D eigenvalue weighted by Gasteiger charge is 2.19. The lowest BCUT2D eigenvalue weighted by Gasteiger charge is -2.28. The van der Waals surface area contributed by atoms with Gasteiger partial charge >= 0.3 is 0 Å². The van der Waals surface area contributed by atoms with Crippen LogP contribution >= 0.6 is 0 Å². The predicted octanol–water partition coefficient (Wildman–Crippen LogP) is 6.44. The molecule has 0 amide bonds. The van der Waals surface area contributed by atoms with Crippen LogP contribution in [-0.4, -0.2) is 44.8 Å². The van der Waals surface area contributed by atoms with Gasteiger partial charge in [-0.05, 0) is 86.0 Å². The molecular formula is C31H35N7. The normalized spacial score (nSPS) is 16.7. The lowest BCUT2D eigenvalue weighted by molar-refractivity contribution is 0.489. The van der Waals surface area contributed by atoms with Crippen molar-refractivity contribution >= 4 is 27.6 Å². The number of rotatable bonds is 7. The number of aromatic amines is 2. The molecule has 7 rings (SSSR count). The largest absolute Gasteiger partial charge is 0.370 e. The standard InChI is InChI=1S/C31H35N7/c1-4-13-38(14-5-1)28-10-6-9-27-30(28)35-31(34-27)29-25-16-23(11-12-26(25)36-37-29)24-15-22(19-33-20-24)18-32-17-21-7-2-3-8-21/h6,9-12,15-16,19-21,32H,1-5,7-8,13-14,17-18H2,(H,34,35)(H,36,37). The number of hydrogen-bond acceptors (Lipinski definition) is 5. The van der Waals surface area contributed by atoms with Gasteiger partial charge in [-0.15, -0.1) is 0 Å². The molecule has 194 valence electrons.